The molecule has 1 aromatic carbocycles. The largest absolute Gasteiger partial charge is 0.337 e. The van der Waals surface area contributed by atoms with Crippen LogP contribution in [0.3, 0.4) is 0 Å². The predicted octanol–water partition coefficient (Wildman–Crippen LogP) is 3.50. The lowest BCUT2D eigenvalue weighted by molar-refractivity contribution is -0.131. The van der Waals surface area contributed by atoms with Gasteiger partial charge in [-0.15, -0.1) is 11.3 Å². The lowest BCUT2D eigenvalue weighted by atomic mass is 10.1. The highest BCUT2D eigenvalue weighted by Gasteiger charge is 2.21. The van der Waals surface area contributed by atoms with E-state index in [-0.39, 0.29) is 11.9 Å². The summed E-state index contributed by atoms with van der Waals surface area (Å²) >= 11 is 1.64. The Hall–Kier alpha value is -2.87. The molecule has 7 nitrogen and oxygen atoms in total. The van der Waals surface area contributed by atoms with Gasteiger partial charge in [-0.3, -0.25) is 4.79 Å². The van der Waals surface area contributed by atoms with E-state index in [0.717, 1.165) is 32.2 Å². The maximum absolute atomic E-state index is 12.8. The van der Waals surface area contributed by atoms with Crippen molar-refractivity contribution < 1.29 is 4.79 Å². The number of carbonyl (C=O) groups excluding carboxylic acids is 1. The number of amides is 1. The maximum Gasteiger partial charge on any atom is 0.252 e. The molecule has 0 N–H and O–H groups in total. The van der Waals surface area contributed by atoms with E-state index in [4.69, 9.17) is 0 Å². The van der Waals surface area contributed by atoms with E-state index in [9.17, 15) is 4.79 Å². The first-order valence-corrected chi connectivity index (χ1v) is 10.0. The highest BCUT2D eigenvalue weighted by Crippen LogP contribution is 2.29. The molecule has 0 aliphatic rings. The van der Waals surface area contributed by atoms with Gasteiger partial charge in [-0.1, -0.05) is 12.1 Å². The first-order chi connectivity index (χ1) is 13.5. The summed E-state index contributed by atoms with van der Waals surface area (Å²) in [7, 11) is 1.84. The van der Waals surface area contributed by atoms with Gasteiger partial charge in [0, 0.05) is 24.9 Å². The lowest BCUT2D eigenvalue weighted by Crippen LogP contribution is -2.30. The van der Waals surface area contributed by atoms with Crippen LogP contribution in [-0.4, -0.2) is 42.4 Å². The average Bonchev–Trinajstić information content (AvgIpc) is 3.33. The van der Waals surface area contributed by atoms with E-state index in [1.165, 1.54) is 6.33 Å². The summed E-state index contributed by atoms with van der Waals surface area (Å²) in [6.07, 6.45) is 2.53. The van der Waals surface area contributed by atoms with Crippen LogP contribution in [0.25, 0.3) is 16.0 Å². The molecule has 0 aliphatic carbocycles. The number of hydrogen-bond donors (Lipinski definition) is 0. The third kappa shape index (κ3) is 3.24. The zero-order chi connectivity index (χ0) is 19.8. The number of para-hydroxylation sites is 1. The van der Waals surface area contributed by atoms with E-state index in [1.807, 2.05) is 46.0 Å². The van der Waals surface area contributed by atoms with Crippen LogP contribution in [0.4, 0.5) is 0 Å². The predicted molar refractivity (Wildman–Crippen MR) is 109 cm³/mol. The zero-order valence-electron chi connectivity index (χ0n) is 16.4. The van der Waals surface area contributed by atoms with Crippen LogP contribution in [0.2, 0.25) is 0 Å². The second-order valence-electron chi connectivity index (χ2n) is 6.93. The maximum atomic E-state index is 12.8. The van der Waals surface area contributed by atoms with Gasteiger partial charge < -0.3 is 4.90 Å². The number of hydrogen-bond acceptors (Lipinski definition) is 6. The van der Waals surface area contributed by atoms with Crippen LogP contribution in [0.5, 0.6) is 0 Å². The lowest BCUT2D eigenvalue weighted by Gasteiger charge is -2.23. The topological polar surface area (TPSA) is 76.3 Å². The number of aryl methyl sites for hydroxylation is 2. The second-order valence-corrected chi connectivity index (χ2v) is 8.00. The number of aromatic nitrogens is 5. The average molecular weight is 395 g/mol. The summed E-state index contributed by atoms with van der Waals surface area (Å²) in [5.41, 5.74) is 3.91. The molecule has 1 atom stereocenters. The standard InChI is InChI=1S/C20H22N6OS/c1-12-15(13(2)26-20(23-12)21-11-22-26)9-10-18(27)25(4)14(3)19-24-16-7-5-6-8-17(16)28-19/h5-8,11,14H,9-10H2,1-4H3/t14-/m1/s1. The first-order valence-electron chi connectivity index (χ1n) is 9.22. The second kappa shape index (κ2) is 7.27. The Kier molecular flexibility index (Phi) is 4.80. The molecule has 0 spiro atoms. The minimum absolute atomic E-state index is 0.0667. The van der Waals surface area contributed by atoms with Crippen molar-refractivity contribution in [2.24, 2.45) is 0 Å². The number of carbonyl (C=O) groups is 1. The summed E-state index contributed by atoms with van der Waals surface area (Å²) in [6.45, 7) is 5.97. The van der Waals surface area contributed by atoms with Crippen LogP contribution in [0.15, 0.2) is 30.6 Å². The summed E-state index contributed by atoms with van der Waals surface area (Å²) in [6, 6.07) is 7.99. The van der Waals surface area contributed by atoms with Gasteiger partial charge in [-0.05, 0) is 44.9 Å². The number of nitrogens with zero attached hydrogens (tertiary/aromatic N) is 6. The summed E-state index contributed by atoms with van der Waals surface area (Å²) < 4.78 is 2.86. The molecule has 8 heteroatoms. The fraction of sp³-hybridized carbons (Fsp3) is 0.350. The number of rotatable bonds is 5. The first kappa shape index (κ1) is 18.5. The fourth-order valence-electron chi connectivity index (χ4n) is 3.38. The molecule has 0 saturated carbocycles. The molecule has 0 fully saturated rings. The highest BCUT2D eigenvalue weighted by molar-refractivity contribution is 7.18. The van der Waals surface area contributed by atoms with Gasteiger partial charge in [0.1, 0.15) is 11.3 Å². The van der Waals surface area contributed by atoms with Crippen LogP contribution >= 0.6 is 11.3 Å². The molecule has 4 rings (SSSR count). The quantitative estimate of drug-likeness (QED) is 0.518. The van der Waals surface area contributed by atoms with Gasteiger partial charge in [0.25, 0.3) is 5.78 Å². The van der Waals surface area contributed by atoms with Crippen LogP contribution < -0.4 is 0 Å². The Morgan fingerprint density at radius 1 is 1.25 bits per heavy atom. The van der Waals surface area contributed by atoms with E-state index >= 15 is 0 Å². The Balaban J connectivity index is 1.48. The minimum atomic E-state index is -0.0667. The molecule has 144 valence electrons. The SMILES string of the molecule is Cc1nc2ncnn2c(C)c1CCC(=O)N(C)[C@H](C)c1nc2ccccc2s1. The van der Waals surface area contributed by atoms with E-state index in [1.54, 1.807) is 20.8 Å². The van der Waals surface area contributed by atoms with Gasteiger partial charge >= 0.3 is 0 Å². The van der Waals surface area contributed by atoms with Gasteiger partial charge in [0.15, 0.2) is 0 Å². The molecule has 0 unspecified atom stereocenters. The molecule has 3 heterocycles. The van der Waals surface area contributed by atoms with Crippen molar-refractivity contribution in [2.45, 2.75) is 39.7 Å². The van der Waals surface area contributed by atoms with Crippen molar-refractivity contribution in [3.05, 3.63) is 52.6 Å². The van der Waals surface area contributed by atoms with Crippen molar-refractivity contribution >= 4 is 33.2 Å². The van der Waals surface area contributed by atoms with Crippen LogP contribution in [0, 0.1) is 13.8 Å². The molecule has 0 radical (unpaired) electrons. The van der Waals surface area contributed by atoms with Gasteiger partial charge in [0.2, 0.25) is 5.91 Å². The van der Waals surface area contributed by atoms with Crippen molar-refractivity contribution in [1.29, 1.82) is 0 Å². The molecule has 3 aromatic heterocycles. The third-order valence-electron chi connectivity index (χ3n) is 5.22. The van der Waals surface area contributed by atoms with Gasteiger partial charge in [-0.2, -0.15) is 10.1 Å². The van der Waals surface area contributed by atoms with Gasteiger partial charge in [0.05, 0.1) is 16.3 Å². The molecule has 0 aliphatic heterocycles. The molecule has 1 amide bonds. The number of fused-ring (bicyclic) bond motifs is 2. The Labute approximate surface area is 167 Å². The van der Waals surface area contributed by atoms with Crippen molar-refractivity contribution in [3.8, 4) is 0 Å². The molecule has 0 saturated heterocycles. The minimum Gasteiger partial charge on any atom is -0.337 e. The number of thiazole rings is 1. The van der Waals surface area contributed by atoms with E-state index < -0.39 is 0 Å². The Morgan fingerprint density at radius 3 is 2.82 bits per heavy atom. The monoisotopic (exact) mass is 394 g/mol. The Bertz CT molecular complexity index is 1130. The van der Waals surface area contributed by atoms with Crippen molar-refractivity contribution in [1.82, 2.24) is 29.5 Å². The summed E-state index contributed by atoms with van der Waals surface area (Å²) in [4.78, 5) is 27.9. The van der Waals surface area contributed by atoms with Crippen molar-refractivity contribution in [2.75, 3.05) is 7.05 Å². The van der Waals surface area contributed by atoms with Crippen molar-refractivity contribution in [3.63, 3.8) is 0 Å². The number of benzene rings is 1. The van der Waals surface area contributed by atoms with Gasteiger partial charge in [-0.25, -0.2) is 14.5 Å². The Morgan fingerprint density at radius 2 is 2.04 bits per heavy atom. The highest BCUT2D eigenvalue weighted by atomic mass is 32.1. The third-order valence-corrected chi connectivity index (χ3v) is 6.43. The fourth-order valence-corrected chi connectivity index (χ4v) is 4.44. The zero-order valence-corrected chi connectivity index (χ0v) is 17.2. The molecule has 28 heavy (non-hydrogen) atoms. The summed E-state index contributed by atoms with van der Waals surface area (Å²) in [5, 5.41) is 5.17. The summed E-state index contributed by atoms with van der Waals surface area (Å²) in [5.74, 6) is 0.677. The molecular formula is C20H22N6OS. The smallest absolute Gasteiger partial charge is 0.252 e. The normalized spacial score (nSPS) is 12.6. The van der Waals surface area contributed by atoms with E-state index in [2.05, 4.69) is 26.1 Å². The van der Waals surface area contributed by atoms with E-state index in [0.29, 0.717) is 18.6 Å². The molecule has 4 aromatic rings. The molecular weight excluding hydrogens is 372 g/mol. The molecule has 0 bridgehead atoms. The van der Waals surface area contributed by atoms with Crippen LogP contribution in [-0.2, 0) is 11.2 Å². The van der Waals surface area contributed by atoms with Crippen LogP contribution in [0.1, 0.15) is 41.3 Å².